The Labute approximate surface area is 155 Å². The molecule has 0 N–H and O–H groups in total. The van der Waals surface area contributed by atoms with Crippen LogP contribution in [0.3, 0.4) is 0 Å². The van der Waals surface area contributed by atoms with E-state index in [0.717, 1.165) is 11.1 Å². The van der Waals surface area contributed by atoms with Gasteiger partial charge in [0, 0.05) is 28.6 Å². The van der Waals surface area contributed by atoms with Crippen LogP contribution in [0.2, 0.25) is 5.02 Å². The van der Waals surface area contributed by atoms with Crippen molar-refractivity contribution in [2.75, 3.05) is 0 Å². The zero-order valence-electron chi connectivity index (χ0n) is 14.0. The first-order chi connectivity index (χ1) is 12.5. The zero-order valence-corrected chi connectivity index (χ0v) is 14.8. The number of nitrogens with zero attached hydrogens (tertiary/aromatic N) is 3. The van der Waals surface area contributed by atoms with Crippen LogP contribution in [0.4, 0.5) is 0 Å². The molecule has 0 saturated heterocycles. The summed E-state index contributed by atoms with van der Waals surface area (Å²) in [6, 6.07) is 14.5. The van der Waals surface area contributed by atoms with Crippen molar-refractivity contribution in [1.82, 2.24) is 9.55 Å². The van der Waals surface area contributed by atoms with E-state index in [1.807, 2.05) is 35.8 Å². The highest BCUT2D eigenvalue weighted by Gasteiger charge is 2.17. The summed E-state index contributed by atoms with van der Waals surface area (Å²) in [5, 5.41) is 10.9. The van der Waals surface area contributed by atoms with Crippen LogP contribution in [-0.2, 0) is 11.4 Å². The molecule has 0 amide bonds. The van der Waals surface area contributed by atoms with Crippen molar-refractivity contribution < 1.29 is 9.92 Å². The van der Waals surface area contributed by atoms with E-state index in [4.69, 9.17) is 16.4 Å². The third-order valence-electron chi connectivity index (χ3n) is 3.85. The summed E-state index contributed by atoms with van der Waals surface area (Å²) in [5.74, 6) is 0.171. The third kappa shape index (κ3) is 4.29. The fraction of sp³-hybridized carbons (Fsp3) is 0.105. The van der Waals surface area contributed by atoms with Crippen LogP contribution in [0.15, 0.2) is 67.3 Å². The predicted octanol–water partition coefficient (Wildman–Crippen LogP) is 4.62. The molecule has 0 saturated carbocycles. The molecule has 3 aromatic rings. The van der Waals surface area contributed by atoms with E-state index in [9.17, 15) is 10.1 Å². The lowest BCUT2D eigenvalue weighted by Gasteiger charge is -2.15. The van der Waals surface area contributed by atoms with Crippen LogP contribution < -0.4 is 0 Å². The maximum Gasteiger partial charge on any atom is 0.299 e. The molecule has 132 valence electrons. The van der Waals surface area contributed by atoms with Crippen LogP contribution in [0, 0.1) is 17.0 Å². The van der Waals surface area contributed by atoms with Crippen molar-refractivity contribution >= 4 is 22.9 Å². The summed E-state index contributed by atoms with van der Waals surface area (Å²) in [6.45, 7) is 2.35. The average Bonchev–Trinajstić information content (AvgIpc) is 3.13. The fourth-order valence-electron chi connectivity index (χ4n) is 2.57. The van der Waals surface area contributed by atoms with Gasteiger partial charge in [0.25, 0.3) is 5.09 Å². The van der Waals surface area contributed by atoms with Gasteiger partial charge in [-0.2, -0.15) is 0 Å². The lowest BCUT2D eigenvalue weighted by Crippen LogP contribution is -2.07. The second kappa shape index (κ2) is 7.84. The Kier molecular flexibility index (Phi) is 5.34. The van der Waals surface area contributed by atoms with Crippen LogP contribution in [0.5, 0.6) is 0 Å². The molecule has 0 aliphatic rings. The van der Waals surface area contributed by atoms with Crippen molar-refractivity contribution in [3.63, 3.8) is 0 Å². The monoisotopic (exact) mass is 369 g/mol. The zero-order chi connectivity index (χ0) is 18.5. The van der Waals surface area contributed by atoms with Crippen molar-refractivity contribution in [2.24, 2.45) is 0 Å². The molecule has 0 aliphatic heterocycles. The first-order valence-electron chi connectivity index (χ1n) is 7.87. The average molecular weight is 370 g/mol. The first kappa shape index (κ1) is 17.7. The molecule has 6 nitrogen and oxygen atoms in total. The van der Waals surface area contributed by atoms with Crippen molar-refractivity contribution in [3.8, 4) is 0 Å². The van der Waals surface area contributed by atoms with Gasteiger partial charge in [0.2, 0.25) is 0 Å². The van der Waals surface area contributed by atoms with Gasteiger partial charge in [0.05, 0.1) is 12.9 Å². The Morgan fingerprint density at radius 3 is 2.38 bits per heavy atom. The summed E-state index contributed by atoms with van der Waals surface area (Å²) in [5.41, 5.74) is 3.17. The highest BCUT2D eigenvalue weighted by atomic mass is 35.5. The number of halogens is 1. The van der Waals surface area contributed by atoms with Crippen molar-refractivity contribution in [3.05, 3.63) is 99.1 Å². The van der Waals surface area contributed by atoms with Crippen LogP contribution in [-0.4, -0.2) is 14.6 Å². The van der Waals surface area contributed by atoms with Gasteiger partial charge in [0.15, 0.2) is 0 Å². The van der Waals surface area contributed by atoms with Crippen LogP contribution in [0.25, 0.3) is 11.3 Å². The summed E-state index contributed by atoms with van der Waals surface area (Å²) in [7, 11) is 0. The standard InChI is InChI=1S/C19H16ClN3O3/c1-14-2-4-15(5-3-14)18(12-22-11-10-21-13-22)19(26-23(24)25)16-6-8-17(20)9-7-16/h2-11,13H,12H2,1H3/b19-18-. The van der Waals surface area contributed by atoms with E-state index in [0.29, 0.717) is 22.7 Å². The number of rotatable bonds is 6. The smallest absolute Gasteiger partial charge is 0.299 e. The Hall–Kier alpha value is -3.12. The number of aromatic nitrogens is 2. The predicted molar refractivity (Wildman–Crippen MR) is 99.8 cm³/mol. The summed E-state index contributed by atoms with van der Waals surface area (Å²) in [4.78, 5) is 20.2. The van der Waals surface area contributed by atoms with Gasteiger partial charge >= 0.3 is 0 Å². The molecular weight excluding hydrogens is 354 g/mol. The molecule has 0 radical (unpaired) electrons. The molecule has 0 spiro atoms. The van der Waals surface area contributed by atoms with E-state index in [1.165, 1.54) is 0 Å². The molecule has 0 atom stereocenters. The molecule has 0 fully saturated rings. The van der Waals surface area contributed by atoms with E-state index in [-0.39, 0.29) is 5.76 Å². The molecule has 0 unspecified atom stereocenters. The lowest BCUT2D eigenvalue weighted by molar-refractivity contribution is -0.730. The van der Waals surface area contributed by atoms with Gasteiger partial charge in [-0.3, -0.25) is 4.84 Å². The van der Waals surface area contributed by atoms with Gasteiger partial charge in [-0.25, -0.2) is 4.98 Å². The van der Waals surface area contributed by atoms with E-state index >= 15 is 0 Å². The van der Waals surface area contributed by atoms with Crippen molar-refractivity contribution in [1.29, 1.82) is 0 Å². The number of imidazole rings is 1. The Morgan fingerprint density at radius 1 is 1.15 bits per heavy atom. The third-order valence-corrected chi connectivity index (χ3v) is 4.10. The molecule has 2 aromatic carbocycles. The fourth-order valence-corrected chi connectivity index (χ4v) is 2.70. The SMILES string of the molecule is Cc1ccc(/C(Cn2ccnc2)=C(\O[N+](=O)[O-])c2ccc(Cl)cc2)cc1. The first-order valence-corrected chi connectivity index (χ1v) is 8.25. The normalized spacial score (nSPS) is 11.8. The largest absolute Gasteiger partial charge is 0.333 e. The molecular formula is C19H16ClN3O3. The van der Waals surface area contributed by atoms with Crippen molar-refractivity contribution in [2.45, 2.75) is 13.5 Å². The second-order valence-corrected chi connectivity index (χ2v) is 6.17. The van der Waals surface area contributed by atoms with Gasteiger partial charge in [-0.05, 0) is 24.6 Å². The number of aryl methyl sites for hydroxylation is 1. The second-order valence-electron chi connectivity index (χ2n) is 5.73. The molecule has 1 heterocycles. The minimum Gasteiger partial charge on any atom is -0.333 e. The quantitative estimate of drug-likeness (QED) is 0.275. The van der Waals surface area contributed by atoms with E-state index in [1.54, 1.807) is 43.0 Å². The maximum atomic E-state index is 11.1. The molecule has 3 rings (SSSR count). The minimum atomic E-state index is -0.800. The van der Waals surface area contributed by atoms with E-state index in [2.05, 4.69) is 4.98 Å². The van der Waals surface area contributed by atoms with Gasteiger partial charge in [0.1, 0.15) is 5.76 Å². The summed E-state index contributed by atoms with van der Waals surface area (Å²) >= 11 is 5.95. The number of hydrogen-bond donors (Lipinski definition) is 0. The summed E-state index contributed by atoms with van der Waals surface area (Å²) in [6.07, 6.45) is 5.10. The lowest BCUT2D eigenvalue weighted by atomic mass is 9.99. The molecule has 0 aliphatic carbocycles. The van der Waals surface area contributed by atoms with Crippen LogP contribution in [0.1, 0.15) is 16.7 Å². The van der Waals surface area contributed by atoms with Gasteiger partial charge in [-0.1, -0.05) is 53.6 Å². The number of benzene rings is 2. The number of allylic oxidation sites excluding steroid dienone is 1. The topological polar surface area (TPSA) is 70.2 Å². The highest BCUT2D eigenvalue weighted by Crippen LogP contribution is 2.30. The Morgan fingerprint density at radius 2 is 1.81 bits per heavy atom. The Bertz CT molecular complexity index is 918. The minimum absolute atomic E-state index is 0.171. The van der Waals surface area contributed by atoms with Crippen LogP contribution >= 0.6 is 11.6 Å². The van der Waals surface area contributed by atoms with Gasteiger partial charge in [-0.15, -0.1) is 10.1 Å². The number of hydrogen-bond acceptors (Lipinski definition) is 4. The Balaban J connectivity index is 2.18. The summed E-state index contributed by atoms with van der Waals surface area (Å²) < 4.78 is 1.83. The highest BCUT2D eigenvalue weighted by molar-refractivity contribution is 6.30. The molecule has 1 aromatic heterocycles. The maximum absolute atomic E-state index is 11.1. The molecule has 7 heteroatoms. The van der Waals surface area contributed by atoms with Gasteiger partial charge < -0.3 is 4.57 Å². The van der Waals surface area contributed by atoms with E-state index < -0.39 is 5.09 Å². The molecule has 26 heavy (non-hydrogen) atoms. The molecule has 0 bridgehead atoms.